The second-order valence-electron chi connectivity index (χ2n) is 6.25. The molecular formula is C19H21N3O2. The first-order valence-corrected chi connectivity index (χ1v) is 7.93. The average molecular weight is 323 g/mol. The van der Waals surface area contributed by atoms with Gasteiger partial charge in [-0.05, 0) is 51.0 Å². The lowest BCUT2D eigenvalue weighted by atomic mass is 10.1. The molecule has 1 aromatic carbocycles. The van der Waals surface area contributed by atoms with Crippen LogP contribution in [0.2, 0.25) is 0 Å². The molecule has 0 spiro atoms. The molecule has 0 bridgehead atoms. The van der Waals surface area contributed by atoms with Crippen LogP contribution in [0.15, 0.2) is 29.1 Å². The molecule has 1 amide bonds. The highest BCUT2D eigenvalue weighted by molar-refractivity contribution is 5.95. The number of benzene rings is 1. The number of aromatic amines is 2. The smallest absolute Gasteiger partial charge is 0.257 e. The molecule has 0 fully saturated rings. The van der Waals surface area contributed by atoms with E-state index in [1.54, 1.807) is 13.8 Å². The fourth-order valence-corrected chi connectivity index (χ4v) is 3.02. The van der Waals surface area contributed by atoms with Crippen LogP contribution in [0.1, 0.15) is 38.6 Å². The van der Waals surface area contributed by atoms with E-state index in [9.17, 15) is 9.59 Å². The topological polar surface area (TPSA) is 77.8 Å². The SMILES string of the molecule is Cc1cc(=O)c(C(=O)NCc2ccc3[nH]c(C)c(C)c3c2)c(C)[nH]1. The first-order chi connectivity index (χ1) is 11.4. The molecule has 0 aliphatic rings. The number of rotatable bonds is 3. The normalized spacial score (nSPS) is 11.0. The van der Waals surface area contributed by atoms with Crippen LogP contribution in [0.5, 0.6) is 0 Å². The van der Waals surface area contributed by atoms with E-state index >= 15 is 0 Å². The van der Waals surface area contributed by atoms with E-state index in [0.717, 1.165) is 27.9 Å². The van der Waals surface area contributed by atoms with Crippen LogP contribution in [0.3, 0.4) is 0 Å². The summed E-state index contributed by atoms with van der Waals surface area (Å²) >= 11 is 0. The Morgan fingerprint density at radius 2 is 1.79 bits per heavy atom. The van der Waals surface area contributed by atoms with E-state index in [0.29, 0.717) is 12.2 Å². The molecule has 2 heterocycles. The molecular weight excluding hydrogens is 302 g/mol. The van der Waals surface area contributed by atoms with Gasteiger partial charge < -0.3 is 15.3 Å². The number of aromatic nitrogens is 2. The van der Waals surface area contributed by atoms with Crippen LogP contribution < -0.4 is 10.7 Å². The monoisotopic (exact) mass is 323 g/mol. The number of pyridine rings is 1. The number of hydrogen-bond acceptors (Lipinski definition) is 2. The quantitative estimate of drug-likeness (QED) is 0.693. The van der Waals surface area contributed by atoms with Crippen molar-refractivity contribution < 1.29 is 4.79 Å². The third-order valence-electron chi connectivity index (χ3n) is 4.41. The lowest BCUT2D eigenvalue weighted by Gasteiger charge is -2.08. The van der Waals surface area contributed by atoms with Crippen LogP contribution in [-0.4, -0.2) is 15.9 Å². The number of H-pyrrole nitrogens is 2. The maximum absolute atomic E-state index is 12.4. The Labute approximate surface area is 140 Å². The fraction of sp³-hybridized carbons (Fsp3) is 0.263. The Morgan fingerprint density at radius 1 is 1.04 bits per heavy atom. The van der Waals surface area contributed by atoms with Gasteiger partial charge in [-0.15, -0.1) is 0 Å². The van der Waals surface area contributed by atoms with Crippen molar-refractivity contribution in [3.8, 4) is 0 Å². The van der Waals surface area contributed by atoms with Crippen LogP contribution in [0, 0.1) is 27.7 Å². The van der Waals surface area contributed by atoms with Gasteiger partial charge in [0.05, 0.1) is 0 Å². The summed E-state index contributed by atoms with van der Waals surface area (Å²) in [4.78, 5) is 30.8. The first-order valence-electron chi connectivity index (χ1n) is 7.93. The highest BCUT2D eigenvalue weighted by atomic mass is 16.2. The number of aryl methyl sites for hydroxylation is 4. The van der Waals surface area contributed by atoms with Gasteiger partial charge in [0.2, 0.25) is 0 Å². The summed E-state index contributed by atoms with van der Waals surface area (Å²) in [5.74, 6) is -0.351. The Kier molecular flexibility index (Phi) is 4.01. The van der Waals surface area contributed by atoms with Crippen LogP contribution in [0.25, 0.3) is 10.9 Å². The minimum atomic E-state index is -0.351. The average Bonchev–Trinajstić information content (AvgIpc) is 2.79. The minimum absolute atomic E-state index is 0.176. The van der Waals surface area contributed by atoms with E-state index in [-0.39, 0.29) is 16.9 Å². The second-order valence-corrected chi connectivity index (χ2v) is 6.25. The van der Waals surface area contributed by atoms with Crippen molar-refractivity contribution in [2.24, 2.45) is 0 Å². The standard InChI is InChI=1S/C19H21N3O2/c1-10-7-17(23)18(13(4)21-10)19(24)20-9-14-5-6-16-15(8-14)11(2)12(3)22-16/h5-8,22H,9H2,1-4H3,(H,20,24)(H,21,23). The van der Waals surface area contributed by atoms with Crippen LogP contribution >= 0.6 is 0 Å². The first kappa shape index (κ1) is 16.1. The lowest BCUT2D eigenvalue weighted by molar-refractivity contribution is 0.0949. The van der Waals surface area contributed by atoms with Gasteiger partial charge in [-0.2, -0.15) is 0 Å². The molecule has 124 valence electrons. The molecule has 24 heavy (non-hydrogen) atoms. The van der Waals surface area contributed by atoms with E-state index in [1.807, 2.05) is 19.1 Å². The Balaban J connectivity index is 1.82. The fourth-order valence-electron chi connectivity index (χ4n) is 3.02. The van der Waals surface area contributed by atoms with Crippen molar-refractivity contribution in [3.63, 3.8) is 0 Å². The second kappa shape index (κ2) is 6.00. The van der Waals surface area contributed by atoms with Gasteiger partial charge in [0.1, 0.15) is 5.56 Å². The zero-order valence-corrected chi connectivity index (χ0v) is 14.3. The van der Waals surface area contributed by atoms with Gasteiger partial charge in [0, 0.05) is 40.6 Å². The van der Waals surface area contributed by atoms with Crippen molar-refractivity contribution in [1.82, 2.24) is 15.3 Å². The zero-order valence-electron chi connectivity index (χ0n) is 14.3. The maximum Gasteiger partial charge on any atom is 0.257 e. The lowest BCUT2D eigenvalue weighted by Crippen LogP contribution is -2.29. The molecule has 0 unspecified atom stereocenters. The zero-order chi connectivity index (χ0) is 17.4. The van der Waals surface area contributed by atoms with Crippen molar-refractivity contribution in [1.29, 1.82) is 0 Å². The summed E-state index contributed by atoms with van der Waals surface area (Å²) in [7, 11) is 0. The molecule has 3 aromatic rings. The van der Waals surface area contributed by atoms with Crippen molar-refractivity contribution in [2.45, 2.75) is 34.2 Å². The minimum Gasteiger partial charge on any atom is -0.362 e. The van der Waals surface area contributed by atoms with Gasteiger partial charge in [0.15, 0.2) is 5.43 Å². The van der Waals surface area contributed by atoms with E-state index in [1.165, 1.54) is 11.6 Å². The third kappa shape index (κ3) is 2.85. The number of nitrogens with one attached hydrogen (secondary N) is 3. The molecule has 3 N–H and O–H groups in total. The van der Waals surface area contributed by atoms with Crippen molar-refractivity contribution in [3.05, 3.63) is 68.3 Å². The highest BCUT2D eigenvalue weighted by Gasteiger charge is 2.14. The van der Waals surface area contributed by atoms with Crippen LogP contribution in [-0.2, 0) is 6.54 Å². The molecule has 2 aromatic heterocycles. The summed E-state index contributed by atoms with van der Waals surface area (Å²) in [6.07, 6.45) is 0. The highest BCUT2D eigenvalue weighted by Crippen LogP contribution is 2.22. The van der Waals surface area contributed by atoms with Gasteiger partial charge in [-0.1, -0.05) is 6.07 Å². The van der Waals surface area contributed by atoms with Gasteiger partial charge in [-0.3, -0.25) is 9.59 Å². The van der Waals surface area contributed by atoms with Crippen molar-refractivity contribution in [2.75, 3.05) is 0 Å². The van der Waals surface area contributed by atoms with E-state index in [2.05, 4.69) is 28.3 Å². The third-order valence-corrected chi connectivity index (χ3v) is 4.41. The van der Waals surface area contributed by atoms with E-state index < -0.39 is 0 Å². The molecule has 0 saturated heterocycles. The summed E-state index contributed by atoms with van der Waals surface area (Å²) in [5, 5.41) is 3.99. The van der Waals surface area contributed by atoms with Gasteiger partial charge in [0.25, 0.3) is 5.91 Å². The molecule has 0 atom stereocenters. The Bertz CT molecular complexity index is 996. The number of carbonyl (C=O) groups excluding carboxylic acids is 1. The predicted molar refractivity (Wildman–Crippen MR) is 95.5 cm³/mol. The largest absolute Gasteiger partial charge is 0.362 e. The Morgan fingerprint density at radius 3 is 2.50 bits per heavy atom. The summed E-state index contributed by atoms with van der Waals surface area (Å²) < 4.78 is 0. The molecule has 0 saturated carbocycles. The number of amides is 1. The molecule has 5 nitrogen and oxygen atoms in total. The number of fused-ring (bicyclic) bond motifs is 1. The molecule has 0 aliphatic carbocycles. The van der Waals surface area contributed by atoms with Gasteiger partial charge >= 0.3 is 0 Å². The summed E-state index contributed by atoms with van der Waals surface area (Å²) in [5.41, 5.74) is 5.70. The maximum atomic E-state index is 12.4. The molecule has 5 heteroatoms. The molecule has 0 aliphatic heterocycles. The van der Waals surface area contributed by atoms with Gasteiger partial charge in [-0.25, -0.2) is 0 Å². The molecule has 0 radical (unpaired) electrons. The molecule has 3 rings (SSSR count). The summed E-state index contributed by atoms with van der Waals surface area (Å²) in [6, 6.07) is 7.51. The van der Waals surface area contributed by atoms with Crippen molar-refractivity contribution >= 4 is 16.8 Å². The number of hydrogen-bond donors (Lipinski definition) is 3. The van der Waals surface area contributed by atoms with E-state index in [4.69, 9.17) is 0 Å². The predicted octanol–water partition coefficient (Wildman–Crippen LogP) is 3.02. The van der Waals surface area contributed by atoms with Crippen LogP contribution in [0.4, 0.5) is 0 Å². The number of carbonyl (C=O) groups is 1. The Hall–Kier alpha value is -2.82. The summed E-state index contributed by atoms with van der Waals surface area (Å²) in [6.45, 7) is 8.04.